The molecule has 0 bridgehead atoms. The normalized spacial score (nSPS) is 10.6. The van der Waals surface area contributed by atoms with Crippen molar-refractivity contribution in [1.29, 1.82) is 0 Å². The molecule has 106 valence electrons. The molecule has 0 saturated heterocycles. The Morgan fingerprint density at radius 2 is 1.95 bits per heavy atom. The van der Waals surface area contributed by atoms with Gasteiger partial charge in [-0.2, -0.15) is 0 Å². The molecule has 4 nitrogen and oxygen atoms in total. The number of nitrogens with one attached hydrogen (secondary N) is 1. The molecule has 8 heteroatoms. The summed E-state index contributed by atoms with van der Waals surface area (Å²) in [5.74, 6) is -0.379. The molecule has 1 heterocycles. The topological polar surface area (TPSA) is 68.0 Å². The van der Waals surface area contributed by atoms with Crippen molar-refractivity contribution >= 4 is 57.7 Å². The Hall–Kier alpha value is -0.850. The van der Waals surface area contributed by atoms with Gasteiger partial charge in [0.05, 0.1) is 20.7 Å². The molecule has 0 aliphatic carbocycles. The molecule has 3 N–H and O–H groups in total. The van der Waals surface area contributed by atoms with E-state index in [4.69, 9.17) is 40.5 Å². The van der Waals surface area contributed by atoms with Gasteiger partial charge in [-0.1, -0.05) is 34.8 Å². The number of amides is 1. The van der Waals surface area contributed by atoms with E-state index in [1.165, 1.54) is 23.5 Å². The monoisotopic (exact) mass is 349 g/mol. The highest BCUT2D eigenvalue weighted by atomic mass is 35.5. The summed E-state index contributed by atoms with van der Waals surface area (Å²) in [6.45, 7) is 0.489. The molecule has 1 aromatic carbocycles. The van der Waals surface area contributed by atoms with E-state index in [0.29, 0.717) is 29.4 Å². The Morgan fingerprint density at radius 3 is 2.55 bits per heavy atom. The molecule has 0 fully saturated rings. The molecule has 0 spiro atoms. The first kappa shape index (κ1) is 15.5. The summed E-state index contributed by atoms with van der Waals surface area (Å²) < 4.78 is 0. The fraction of sp³-hybridized carbons (Fsp3) is 0.167. The number of rotatable bonds is 4. The van der Waals surface area contributed by atoms with Gasteiger partial charge in [0.25, 0.3) is 5.91 Å². The lowest BCUT2D eigenvalue weighted by Crippen LogP contribution is -2.13. The highest BCUT2D eigenvalue weighted by molar-refractivity contribution is 7.09. The van der Waals surface area contributed by atoms with Crippen molar-refractivity contribution in [2.24, 2.45) is 5.73 Å². The van der Waals surface area contributed by atoms with E-state index in [2.05, 4.69) is 10.3 Å². The molecule has 0 unspecified atom stereocenters. The minimum absolute atomic E-state index is 0.272. The van der Waals surface area contributed by atoms with E-state index in [0.717, 1.165) is 5.01 Å². The number of carbonyl (C=O) groups is 1. The first-order valence-corrected chi connectivity index (χ1v) is 7.63. The Bertz CT molecular complexity index is 622. The quantitative estimate of drug-likeness (QED) is 0.880. The summed E-state index contributed by atoms with van der Waals surface area (Å²) in [6, 6.07) is 3.01. The van der Waals surface area contributed by atoms with Crippen LogP contribution >= 0.6 is 46.1 Å². The van der Waals surface area contributed by atoms with Crippen LogP contribution in [0.15, 0.2) is 17.5 Å². The molecule has 0 aliphatic rings. The predicted molar refractivity (Wildman–Crippen MR) is 84.3 cm³/mol. The van der Waals surface area contributed by atoms with Gasteiger partial charge in [-0.05, 0) is 18.7 Å². The lowest BCUT2D eigenvalue weighted by Gasteiger charge is -2.08. The average molecular weight is 351 g/mol. The van der Waals surface area contributed by atoms with Crippen molar-refractivity contribution in [2.75, 3.05) is 11.9 Å². The van der Waals surface area contributed by atoms with E-state index in [1.54, 1.807) is 5.38 Å². The van der Waals surface area contributed by atoms with Gasteiger partial charge in [-0.15, -0.1) is 11.3 Å². The van der Waals surface area contributed by atoms with Gasteiger partial charge in [0.1, 0.15) is 5.69 Å². The molecule has 0 aliphatic heterocycles. The molecule has 0 radical (unpaired) electrons. The molecular formula is C12H10Cl3N3OS. The van der Waals surface area contributed by atoms with Crippen molar-refractivity contribution in [3.8, 4) is 0 Å². The number of halogens is 3. The van der Waals surface area contributed by atoms with Crippen LogP contribution in [0.2, 0.25) is 15.1 Å². The Labute approximate surface area is 134 Å². The summed E-state index contributed by atoms with van der Waals surface area (Å²) in [7, 11) is 0. The highest BCUT2D eigenvalue weighted by Crippen LogP contribution is 2.33. The van der Waals surface area contributed by atoms with Crippen molar-refractivity contribution < 1.29 is 4.79 Å². The minimum Gasteiger partial charge on any atom is -0.330 e. The van der Waals surface area contributed by atoms with Crippen LogP contribution in [0.3, 0.4) is 0 Å². The second kappa shape index (κ2) is 6.74. The molecule has 1 aromatic heterocycles. The van der Waals surface area contributed by atoms with Crippen LogP contribution in [0.4, 0.5) is 5.69 Å². The maximum atomic E-state index is 12.1. The van der Waals surface area contributed by atoms with E-state index in [1.807, 2.05) is 0 Å². The maximum Gasteiger partial charge on any atom is 0.275 e. The smallest absolute Gasteiger partial charge is 0.275 e. The maximum absolute atomic E-state index is 12.1. The summed E-state index contributed by atoms with van der Waals surface area (Å²) in [5.41, 5.74) is 6.06. The minimum atomic E-state index is -0.379. The van der Waals surface area contributed by atoms with Gasteiger partial charge in [0.2, 0.25) is 0 Å². The number of benzene rings is 1. The van der Waals surface area contributed by atoms with Crippen LogP contribution in [0.25, 0.3) is 0 Å². The summed E-state index contributed by atoms with van der Waals surface area (Å²) in [4.78, 5) is 16.3. The number of hydrogen-bond acceptors (Lipinski definition) is 4. The number of anilines is 1. The summed E-state index contributed by atoms with van der Waals surface area (Å²) in [5, 5.41) is 6.05. The van der Waals surface area contributed by atoms with Crippen LogP contribution in [0, 0.1) is 0 Å². The van der Waals surface area contributed by atoms with Crippen LogP contribution in [0.5, 0.6) is 0 Å². The van der Waals surface area contributed by atoms with Crippen LogP contribution in [-0.4, -0.2) is 17.4 Å². The number of nitrogens with zero attached hydrogens (tertiary/aromatic N) is 1. The van der Waals surface area contributed by atoms with Crippen molar-refractivity contribution in [3.05, 3.63) is 43.3 Å². The van der Waals surface area contributed by atoms with Gasteiger partial charge in [0.15, 0.2) is 0 Å². The SMILES string of the molecule is NCCc1nc(C(=O)Nc2c(Cl)cc(Cl)cc2Cl)cs1. The second-order valence-electron chi connectivity index (χ2n) is 3.86. The van der Waals surface area contributed by atoms with Crippen molar-refractivity contribution in [3.63, 3.8) is 0 Å². The molecule has 2 rings (SSSR count). The highest BCUT2D eigenvalue weighted by Gasteiger charge is 2.15. The van der Waals surface area contributed by atoms with Crippen molar-refractivity contribution in [2.45, 2.75) is 6.42 Å². The molecule has 20 heavy (non-hydrogen) atoms. The van der Waals surface area contributed by atoms with Gasteiger partial charge in [0, 0.05) is 16.8 Å². The summed E-state index contributed by atoms with van der Waals surface area (Å²) >= 11 is 19.2. The third-order valence-corrected chi connectivity index (χ3v) is 4.11. The number of thiazole rings is 1. The Kier molecular flexibility index (Phi) is 5.23. The Morgan fingerprint density at radius 1 is 1.30 bits per heavy atom. The lowest BCUT2D eigenvalue weighted by molar-refractivity contribution is 0.102. The average Bonchev–Trinajstić information content (AvgIpc) is 2.82. The molecular weight excluding hydrogens is 341 g/mol. The fourth-order valence-electron chi connectivity index (χ4n) is 1.49. The largest absolute Gasteiger partial charge is 0.330 e. The third-order valence-electron chi connectivity index (χ3n) is 2.39. The van der Waals surface area contributed by atoms with E-state index in [-0.39, 0.29) is 16.0 Å². The molecule has 0 atom stereocenters. The van der Waals surface area contributed by atoms with E-state index >= 15 is 0 Å². The third kappa shape index (κ3) is 3.62. The van der Waals surface area contributed by atoms with Gasteiger partial charge in [-0.25, -0.2) is 4.98 Å². The predicted octanol–water partition coefficient (Wildman–Crippen LogP) is 3.86. The van der Waals surface area contributed by atoms with Gasteiger partial charge in [-0.3, -0.25) is 4.79 Å². The molecule has 0 saturated carbocycles. The lowest BCUT2D eigenvalue weighted by atomic mass is 10.3. The van der Waals surface area contributed by atoms with Gasteiger partial charge < -0.3 is 11.1 Å². The standard InChI is InChI=1S/C12H10Cl3N3OS/c13-6-3-7(14)11(8(15)4-6)18-12(19)9-5-20-10(17-9)1-2-16/h3-5H,1-2,16H2,(H,18,19). The number of aromatic nitrogens is 1. The van der Waals surface area contributed by atoms with Crippen molar-refractivity contribution in [1.82, 2.24) is 4.98 Å². The zero-order valence-electron chi connectivity index (χ0n) is 10.1. The van der Waals surface area contributed by atoms with Gasteiger partial charge >= 0.3 is 0 Å². The Balaban J connectivity index is 2.19. The molecule has 1 amide bonds. The first-order valence-electron chi connectivity index (χ1n) is 5.61. The number of carbonyl (C=O) groups excluding carboxylic acids is 1. The fourth-order valence-corrected chi connectivity index (χ4v) is 3.20. The van der Waals surface area contributed by atoms with Crippen LogP contribution in [-0.2, 0) is 6.42 Å². The van der Waals surface area contributed by atoms with E-state index in [9.17, 15) is 4.79 Å². The van der Waals surface area contributed by atoms with E-state index < -0.39 is 0 Å². The first-order chi connectivity index (χ1) is 9.51. The zero-order chi connectivity index (χ0) is 14.7. The number of nitrogens with two attached hydrogens (primary N) is 1. The molecule has 2 aromatic rings. The zero-order valence-corrected chi connectivity index (χ0v) is 13.2. The number of hydrogen-bond donors (Lipinski definition) is 2. The second-order valence-corrected chi connectivity index (χ2v) is 6.06. The summed E-state index contributed by atoms with van der Waals surface area (Å²) in [6.07, 6.45) is 0.639. The van der Waals surface area contributed by atoms with Crippen LogP contribution < -0.4 is 11.1 Å². The van der Waals surface area contributed by atoms with Crippen LogP contribution in [0.1, 0.15) is 15.5 Å².